The van der Waals surface area contributed by atoms with Gasteiger partial charge >= 0.3 is 7.82 Å². The maximum atomic E-state index is 10.9. The molecule has 14 heavy (non-hydrogen) atoms. The summed E-state index contributed by atoms with van der Waals surface area (Å²) in [5, 5.41) is 0. The number of hydrogen-bond donors (Lipinski definition) is 2. The van der Waals surface area contributed by atoms with Crippen LogP contribution in [0.15, 0.2) is 0 Å². The first-order chi connectivity index (χ1) is 6.55. The summed E-state index contributed by atoms with van der Waals surface area (Å²) in [7, 11) is -3.99. The third-order valence-corrected chi connectivity index (χ3v) is 2.89. The monoisotopic (exact) mass is 225 g/mol. The van der Waals surface area contributed by atoms with Crippen molar-refractivity contribution in [2.75, 3.05) is 6.61 Å². The Bertz CT molecular complexity index is 188. The second-order valence-corrected chi connectivity index (χ2v) is 4.69. The van der Waals surface area contributed by atoms with Gasteiger partial charge in [-0.25, -0.2) is 5.90 Å². The highest BCUT2D eigenvalue weighted by Crippen LogP contribution is 2.41. The van der Waals surface area contributed by atoms with E-state index in [-0.39, 0.29) is 6.61 Å². The van der Waals surface area contributed by atoms with Crippen molar-refractivity contribution < 1.29 is 18.6 Å². The molecular weight excluding hydrogens is 205 g/mol. The molecule has 0 saturated heterocycles. The van der Waals surface area contributed by atoms with Gasteiger partial charge in [-0.3, -0.25) is 4.89 Å². The van der Waals surface area contributed by atoms with E-state index in [1.165, 1.54) is 0 Å². The van der Waals surface area contributed by atoms with Crippen molar-refractivity contribution in [2.45, 2.75) is 39.5 Å². The topological polar surface area (TPSA) is 83.8 Å². The quantitative estimate of drug-likeness (QED) is 0.376. The summed E-state index contributed by atoms with van der Waals surface area (Å²) in [4.78, 5) is 8.88. The second-order valence-electron chi connectivity index (χ2n) is 3.29. The number of rotatable bonds is 8. The molecule has 0 aliphatic carbocycles. The normalized spacial score (nSPS) is 17.7. The first-order valence-corrected chi connectivity index (χ1v) is 6.41. The maximum absolute atomic E-state index is 10.9. The average molecular weight is 225 g/mol. The number of unbranched alkanes of at least 4 members (excludes halogenated alkanes) is 1. The lowest BCUT2D eigenvalue weighted by Gasteiger charge is -2.07. The molecule has 0 aliphatic rings. The Balaban J connectivity index is 3.77. The molecule has 0 bridgehead atoms. The van der Waals surface area contributed by atoms with Gasteiger partial charge in [0.25, 0.3) is 0 Å². The average Bonchev–Trinajstić information content (AvgIpc) is 2.18. The Kier molecular flexibility index (Phi) is 7.41. The van der Waals surface area contributed by atoms with Crippen molar-refractivity contribution in [1.29, 1.82) is 0 Å². The van der Waals surface area contributed by atoms with Gasteiger partial charge in [-0.15, -0.1) is 0 Å². The van der Waals surface area contributed by atoms with E-state index in [2.05, 4.69) is 17.4 Å². The van der Waals surface area contributed by atoms with Crippen LogP contribution < -0.4 is 5.90 Å². The zero-order valence-corrected chi connectivity index (χ0v) is 9.70. The maximum Gasteiger partial charge on any atom is 0.723 e. The van der Waals surface area contributed by atoms with E-state index < -0.39 is 7.82 Å². The van der Waals surface area contributed by atoms with Gasteiger partial charge in [0.15, 0.2) is 0 Å². The van der Waals surface area contributed by atoms with Crippen molar-refractivity contribution in [3.8, 4) is 0 Å². The van der Waals surface area contributed by atoms with Crippen LogP contribution in [0.5, 0.6) is 0 Å². The van der Waals surface area contributed by atoms with Gasteiger partial charge in [0, 0.05) is 5.92 Å². The summed E-state index contributed by atoms with van der Waals surface area (Å²) < 4.78 is 19.4. The standard InChI is InChI=1S/C8H20NO4P/c1-3-5-6-8(4-2)7-12-14(10,11)13-9/h8H,3-7,9H2,1-2H3,(H,10,11)/q+1. The molecule has 0 aromatic rings. The highest BCUT2D eigenvalue weighted by molar-refractivity contribution is 7.47. The van der Waals surface area contributed by atoms with E-state index in [4.69, 9.17) is 9.42 Å². The SMILES string of the molecule is CCCCC(CC)C[O+]P(=O)(O)ON. The predicted octanol–water partition coefficient (Wildman–Crippen LogP) is 2.21. The van der Waals surface area contributed by atoms with Crippen molar-refractivity contribution in [1.82, 2.24) is 0 Å². The Labute approximate surface area is 85.2 Å². The van der Waals surface area contributed by atoms with E-state index in [0.29, 0.717) is 5.92 Å². The first kappa shape index (κ1) is 14.1. The molecule has 0 aromatic carbocycles. The Morgan fingerprint density at radius 3 is 2.64 bits per heavy atom. The molecule has 0 amide bonds. The fourth-order valence-corrected chi connectivity index (χ4v) is 1.59. The van der Waals surface area contributed by atoms with Crippen LogP contribution in [0.1, 0.15) is 39.5 Å². The van der Waals surface area contributed by atoms with Crippen molar-refractivity contribution in [3.05, 3.63) is 0 Å². The minimum Gasteiger partial charge on any atom is -0.255 e. The van der Waals surface area contributed by atoms with E-state index in [9.17, 15) is 4.57 Å². The molecule has 0 saturated carbocycles. The molecule has 5 nitrogen and oxygen atoms in total. The molecule has 1 radical (unpaired) electrons. The van der Waals surface area contributed by atoms with Gasteiger partial charge in [0.1, 0.15) is 0 Å². The van der Waals surface area contributed by atoms with Crippen LogP contribution in [-0.2, 0) is 13.7 Å². The second kappa shape index (κ2) is 7.37. The molecule has 0 fully saturated rings. The van der Waals surface area contributed by atoms with Crippen LogP contribution in [0.2, 0.25) is 0 Å². The minimum atomic E-state index is -3.99. The van der Waals surface area contributed by atoms with Crippen LogP contribution in [0, 0.1) is 5.92 Å². The Morgan fingerprint density at radius 2 is 2.21 bits per heavy atom. The lowest BCUT2D eigenvalue weighted by Crippen LogP contribution is -2.09. The number of phosphoric acid groups is 1. The van der Waals surface area contributed by atoms with Crippen LogP contribution in [-0.4, -0.2) is 11.5 Å². The molecular formula is C8H20NO4P+. The summed E-state index contributed by atoms with van der Waals surface area (Å²) in [6.07, 6.45) is 4.13. The van der Waals surface area contributed by atoms with Crippen molar-refractivity contribution >= 4 is 7.82 Å². The number of hydrogen-bond acceptors (Lipinski definition) is 4. The number of phosphoric ester groups is 1. The molecule has 0 aromatic heterocycles. The van der Waals surface area contributed by atoms with Gasteiger partial charge in [-0.05, 0) is 12.8 Å². The van der Waals surface area contributed by atoms with E-state index in [1.54, 1.807) is 0 Å². The van der Waals surface area contributed by atoms with Gasteiger partial charge in [-0.1, -0.05) is 31.2 Å². The third kappa shape index (κ3) is 6.51. The first-order valence-electron chi connectivity index (χ1n) is 4.91. The molecule has 0 rings (SSSR count). The van der Waals surface area contributed by atoms with Crippen LogP contribution in [0.4, 0.5) is 0 Å². The molecule has 3 N–H and O–H groups in total. The number of nitrogens with two attached hydrogens (primary N) is 1. The molecule has 0 spiro atoms. The zero-order chi connectivity index (χ0) is 11.0. The Morgan fingerprint density at radius 1 is 1.57 bits per heavy atom. The highest BCUT2D eigenvalue weighted by atomic mass is 31.2. The summed E-state index contributed by atoms with van der Waals surface area (Å²) in [5.41, 5.74) is 0. The molecule has 85 valence electrons. The lowest BCUT2D eigenvalue weighted by atomic mass is 10.0. The van der Waals surface area contributed by atoms with Gasteiger partial charge in [0.05, 0.1) is 0 Å². The predicted molar refractivity (Wildman–Crippen MR) is 54.4 cm³/mol. The summed E-state index contributed by atoms with van der Waals surface area (Å²) in [5.74, 6) is 4.89. The third-order valence-electron chi connectivity index (χ3n) is 2.15. The molecule has 2 atom stereocenters. The van der Waals surface area contributed by atoms with Gasteiger partial charge < -0.3 is 0 Å². The Hall–Kier alpha value is 0.0700. The van der Waals surface area contributed by atoms with E-state index >= 15 is 0 Å². The van der Waals surface area contributed by atoms with Crippen LogP contribution in [0.25, 0.3) is 0 Å². The highest BCUT2D eigenvalue weighted by Gasteiger charge is 2.37. The largest absolute Gasteiger partial charge is 0.723 e. The molecule has 6 heteroatoms. The van der Waals surface area contributed by atoms with Gasteiger partial charge in [-0.2, -0.15) is 9.19 Å². The smallest absolute Gasteiger partial charge is 0.255 e. The van der Waals surface area contributed by atoms with Crippen molar-refractivity contribution in [3.63, 3.8) is 0 Å². The fourth-order valence-electron chi connectivity index (χ4n) is 1.13. The zero-order valence-electron chi connectivity index (χ0n) is 8.81. The van der Waals surface area contributed by atoms with Crippen LogP contribution in [0.3, 0.4) is 0 Å². The van der Waals surface area contributed by atoms with E-state index in [0.717, 1.165) is 25.7 Å². The molecule has 0 aliphatic heterocycles. The molecule has 2 unspecified atom stereocenters. The lowest BCUT2D eigenvalue weighted by molar-refractivity contribution is 0.128. The van der Waals surface area contributed by atoms with Gasteiger partial charge in [0.2, 0.25) is 6.61 Å². The molecule has 0 heterocycles. The fraction of sp³-hybridized carbons (Fsp3) is 1.00. The summed E-state index contributed by atoms with van der Waals surface area (Å²) in [6, 6.07) is 0. The van der Waals surface area contributed by atoms with Crippen molar-refractivity contribution in [2.24, 2.45) is 11.8 Å². The minimum absolute atomic E-state index is 0.224. The summed E-state index contributed by atoms with van der Waals surface area (Å²) >= 11 is 0. The van der Waals surface area contributed by atoms with E-state index in [1.807, 2.05) is 6.92 Å². The van der Waals surface area contributed by atoms with Crippen LogP contribution >= 0.6 is 7.82 Å². The summed E-state index contributed by atoms with van der Waals surface area (Å²) in [6.45, 7) is 4.35.